The molecule has 1 saturated carbocycles. The van der Waals surface area contributed by atoms with Crippen molar-refractivity contribution in [3.05, 3.63) is 126 Å². The summed E-state index contributed by atoms with van der Waals surface area (Å²) in [5, 5.41) is 13.1. The van der Waals surface area contributed by atoms with Crippen LogP contribution in [0.25, 0.3) is 0 Å². The Morgan fingerprint density at radius 2 is 1.45 bits per heavy atom. The zero-order chi connectivity index (χ0) is 29.1. The lowest BCUT2D eigenvalue weighted by Crippen LogP contribution is -2.39. The van der Waals surface area contributed by atoms with E-state index in [1.54, 1.807) is 36.4 Å². The summed E-state index contributed by atoms with van der Waals surface area (Å²) in [5.74, 6) is -0.381. The van der Waals surface area contributed by atoms with Gasteiger partial charge in [0.1, 0.15) is 18.4 Å². The number of para-hydroxylation sites is 2. The maximum Gasteiger partial charge on any atom is 0.326 e. The van der Waals surface area contributed by atoms with Crippen LogP contribution >= 0.6 is 0 Å². The first-order valence-electron chi connectivity index (χ1n) is 14.8. The standard InChI is InChI=1S/C36H38N2O4/c39-35(28-12-4-1-5-13-28)32-18-10-11-19-33(32)37-34(36(40)41)26-27-20-22-31(23-21-27)42-25-24-38(29-14-6-2-7-15-29)30-16-8-3-9-17-30/h1-2,4-7,10-15,18-23,30,34,37H,3,8-9,16-17,24-26H2,(H,40,41)/t34-/m0/s1. The first kappa shape index (κ1) is 28.9. The lowest BCUT2D eigenvalue weighted by molar-refractivity contribution is -0.137. The number of ketones is 1. The van der Waals surface area contributed by atoms with Crippen molar-refractivity contribution in [1.82, 2.24) is 0 Å². The zero-order valence-corrected chi connectivity index (χ0v) is 23.8. The van der Waals surface area contributed by atoms with E-state index in [9.17, 15) is 14.7 Å². The molecule has 216 valence electrons. The van der Waals surface area contributed by atoms with Crippen LogP contribution < -0.4 is 15.0 Å². The number of rotatable bonds is 13. The Balaban J connectivity index is 1.20. The number of carbonyl (C=O) groups excluding carboxylic acids is 1. The van der Waals surface area contributed by atoms with Gasteiger partial charge in [-0.1, -0.05) is 92.1 Å². The van der Waals surface area contributed by atoms with Gasteiger partial charge in [-0.15, -0.1) is 0 Å². The predicted molar refractivity (Wildman–Crippen MR) is 168 cm³/mol. The van der Waals surface area contributed by atoms with E-state index in [-0.39, 0.29) is 12.2 Å². The Bertz CT molecular complexity index is 1430. The van der Waals surface area contributed by atoms with E-state index in [4.69, 9.17) is 4.74 Å². The van der Waals surface area contributed by atoms with Gasteiger partial charge in [-0.05, 0) is 54.8 Å². The van der Waals surface area contributed by atoms with E-state index in [2.05, 4.69) is 34.5 Å². The molecular weight excluding hydrogens is 524 g/mol. The van der Waals surface area contributed by atoms with Gasteiger partial charge in [-0.2, -0.15) is 0 Å². The number of anilines is 2. The first-order valence-corrected chi connectivity index (χ1v) is 14.8. The van der Waals surface area contributed by atoms with Crippen molar-refractivity contribution < 1.29 is 19.4 Å². The molecule has 2 N–H and O–H groups in total. The van der Waals surface area contributed by atoms with Gasteiger partial charge >= 0.3 is 5.97 Å². The molecule has 0 aliphatic heterocycles. The second-order valence-corrected chi connectivity index (χ2v) is 10.8. The Hall–Kier alpha value is -4.58. The SMILES string of the molecule is O=C(c1ccccc1)c1ccccc1N[C@@H](Cc1ccc(OCCN(c2ccccc2)C2CCCCC2)cc1)C(=O)O. The molecule has 0 amide bonds. The number of nitrogens with zero attached hydrogens (tertiary/aromatic N) is 1. The minimum Gasteiger partial charge on any atom is -0.492 e. The van der Waals surface area contributed by atoms with Crippen LogP contribution in [-0.4, -0.2) is 42.1 Å². The molecule has 1 atom stereocenters. The maximum atomic E-state index is 13.1. The van der Waals surface area contributed by atoms with Gasteiger partial charge in [0, 0.05) is 35.0 Å². The van der Waals surface area contributed by atoms with E-state index in [0.29, 0.717) is 29.5 Å². The number of hydrogen-bond donors (Lipinski definition) is 2. The van der Waals surface area contributed by atoms with E-state index in [1.165, 1.54) is 37.8 Å². The highest BCUT2D eigenvalue weighted by Crippen LogP contribution is 2.27. The maximum absolute atomic E-state index is 13.1. The average molecular weight is 563 g/mol. The van der Waals surface area contributed by atoms with Crippen molar-refractivity contribution in [2.45, 2.75) is 50.6 Å². The summed E-state index contributed by atoms with van der Waals surface area (Å²) in [4.78, 5) is 27.8. The summed E-state index contributed by atoms with van der Waals surface area (Å²) < 4.78 is 6.12. The predicted octanol–water partition coefficient (Wildman–Crippen LogP) is 7.24. The van der Waals surface area contributed by atoms with Crippen molar-refractivity contribution in [3.63, 3.8) is 0 Å². The third kappa shape index (κ3) is 7.58. The largest absolute Gasteiger partial charge is 0.492 e. The number of aliphatic carboxylic acids is 1. The zero-order valence-electron chi connectivity index (χ0n) is 23.8. The summed E-state index contributed by atoms with van der Waals surface area (Å²) in [5.41, 5.74) is 3.60. The van der Waals surface area contributed by atoms with Crippen molar-refractivity contribution >= 4 is 23.1 Å². The summed E-state index contributed by atoms with van der Waals surface area (Å²) in [6, 6.07) is 33.8. The summed E-state index contributed by atoms with van der Waals surface area (Å²) in [6.07, 6.45) is 6.56. The smallest absolute Gasteiger partial charge is 0.326 e. The third-order valence-electron chi connectivity index (χ3n) is 7.90. The summed E-state index contributed by atoms with van der Waals surface area (Å²) >= 11 is 0. The third-order valence-corrected chi connectivity index (χ3v) is 7.90. The van der Waals surface area contributed by atoms with Crippen molar-refractivity contribution in [2.75, 3.05) is 23.4 Å². The fraction of sp³-hybridized carbons (Fsp3) is 0.278. The molecule has 0 heterocycles. The number of carboxylic acids is 1. The molecule has 0 bridgehead atoms. The summed E-state index contributed by atoms with van der Waals surface area (Å²) in [6.45, 7) is 1.37. The fourth-order valence-corrected chi connectivity index (χ4v) is 5.69. The molecule has 5 rings (SSSR count). The Morgan fingerprint density at radius 3 is 2.14 bits per heavy atom. The Morgan fingerprint density at radius 1 is 0.810 bits per heavy atom. The molecule has 42 heavy (non-hydrogen) atoms. The minimum absolute atomic E-state index is 0.154. The van der Waals surface area contributed by atoms with Crippen molar-refractivity contribution in [1.29, 1.82) is 0 Å². The number of ether oxygens (including phenoxy) is 1. The van der Waals surface area contributed by atoms with Gasteiger partial charge in [0.25, 0.3) is 0 Å². The van der Waals surface area contributed by atoms with Crippen LogP contribution in [0.5, 0.6) is 5.75 Å². The summed E-state index contributed by atoms with van der Waals surface area (Å²) in [7, 11) is 0. The van der Waals surface area contributed by atoms with Gasteiger partial charge in [0.05, 0.1) is 6.54 Å². The van der Waals surface area contributed by atoms with Crippen LogP contribution in [0.1, 0.15) is 53.6 Å². The Kier molecular flexibility index (Phi) is 9.89. The van der Waals surface area contributed by atoms with Gasteiger partial charge in [-0.3, -0.25) is 4.79 Å². The van der Waals surface area contributed by atoms with Gasteiger partial charge in [-0.25, -0.2) is 4.79 Å². The second kappa shape index (κ2) is 14.4. The van der Waals surface area contributed by atoms with Gasteiger partial charge in [0.15, 0.2) is 5.78 Å². The average Bonchev–Trinajstić information content (AvgIpc) is 3.04. The number of hydrogen-bond acceptors (Lipinski definition) is 5. The van der Waals surface area contributed by atoms with Crippen LogP contribution in [0.2, 0.25) is 0 Å². The van der Waals surface area contributed by atoms with E-state index in [1.807, 2.05) is 48.5 Å². The minimum atomic E-state index is -0.985. The number of benzene rings is 4. The van der Waals surface area contributed by atoms with E-state index < -0.39 is 12.0 Å². The molecular formula is C36H38N2O4. The Labute approximate surface area is 248 Å². The highest BCUT2D eigenvalue weighted by atomic mass is 16.5. The molecule has 4 aromatic rings. The normalized spacial score (nSPS) is 14.1. The molecule has 1 aliphatic rings. The monoisotopic (exact) mass is 562 g/mol. The van der Waals surface area contributed by atoms with Crippen LogP contribution in [0, 0.1) is 0 Å². The lowest BCUT2D eigenvalue weighted by atomic mass is 9.94. The molecule has 0 aromatic heterocycles. The molecule has 0 saturated heterocycles. The molecule has 6 nitrogen and oxygen atoms in total. The number of carboxylic acid groups (broad SMARTS) is 1. The second-order valence-electron chi connectivity index (χ2n) is 10.8. The number of carbonyl (C=O) groups is 2. The topological polar surface area (TPSA) is 78.9 Å². The number of nitrogens with one attached hydrogen (secondary N) is 1. The molecule has 4 aromatic carbocycles. The van der Waals surface area contributed by atoms with E-state index >= 15 is 0 Å². The van der Waals surface area contributed by atoms with Gasteiger partial charge < -0.3 is 20.1 Å². The lowest BCUT2D eigenvalue weighted by Gasteiger charge is -2.36. The highest BCUT2D eigenvalue weighted by Gasteiger charge is 2.23. The van der Waals surface area contributed by atoms with Crippen LogP contribution in [-0.2, 0) is 11.2 Å². The molecule has 6 heteroatoms. The quantitative estimate of drug-likeness (QED) is 0.167. The van der Waals surface area contributed by atoms with Crippen molar-refractivity contribution in [2.24, 2.45) is 0 Å². The van der Waals surface area contributed by atoms with Gasteiger partial charge in [0.2, 0.25) is 0 Å². The molecule has 0 spiro atoms. The van der Waals surface area contributed by atoms with Crippen LogP contribution in [0.4, 0.5) is 11.4 Å². The van der Waals surface area contributed by atoms with Crippen LogP contribution in [0.3, 0.4) is 0 Å². The van der Waals surface area contributed by atoms with Crippen molar-refractivity contribution in [3.8, 4) is 5.75 Å². The molecule has 0 unspecified atom stereocenters. The fourth-order valence-electron chi connectivity index (χ4n) is 5.69. The molecule has 0 radical (unpaired) electrons. The van der Waals surface area contributed by atoms with Crippen LogP contribution in [0.15, 0.2) is 109 Å². The molecule has 1 fully saturated rings. The first-order chi connectivity index (χ1) is 20.6. The van der Waals surface area contributed by atoms with E-state index in [0.717, 1.165) is 17.9 Å². The highest BCUT2D eigenvalue weighted by molar-refractivity contribution is 6.12. The molecule has 1 aliphatic carbocycles.